The number of rotatable bonds is 8. The number of benzene rings is 4. The zero-order valence-corrected chi connectivity index (χ0v) is 26.1. The van der Waals surface area contributed by atoms with E-state index in [9.17, 15) is 19.2 Å². The van der Waals surface area contributed by atoms with E-state index in [-0.39, 0.29) is 51.8 Å². The minimum Gasteiger partial charge on any atom is -0.466 e. The third kappa shape index (κ3) is 5.63. The van der Waals surface area contributed by atoms with Gasteiger partial charge in [-0.3, -0.25) is 0 Å². The van der Waals surface area contributed by atoms with Crippen LogP contribution in [-0.2, 0) is 18.9 Å². The van der Waals surface area contributed by atoms with Crippen LogP contribution >= 0.6 is 0 Å². The van der Waals surface area contributed by atoms with Gasteiger partial charge in [-0.25, -0.2) is 19.2 Å². The van der Waals surface area contributed by atoms with Crippen molar-refractivity contribution in [1.29, 1.82) is 0 Å². The van der Waals surface area contributed by atoms with Crippen molar-refractivity contribution in [2.45, 2.75) is 0 Å². The molecular formula is C32H28BNaO8. The predicted molar refractivity (Wildman–Crippen MR) is 155 cm³/mol. The van der Waals surface area contributed by atoms with Gasteiger partial charge in [0.25, 0.3) is 0 Å². The fourth-order valence-corrected chi connectivity index (χ4v) is 5.69. The van der Waals surface area contributed by atoms with Crippen LogP contribution in [0.1, 0.15) is 41.4 Å². The van der Waals surface area contributed by atoms with Crippen molar-refractivity contribution in [2.75, 3.05) is 28.4 Å². The SMILES string of the molecule is COC(=O)c1ccccc1[B-](c1ccccc1C(=O)OC)(c1ccccc1C(=O)OC)c1ccccc1C(=O)OC.[Na+]. The minimum atomic E-state index is -2.71. The number of esters is 4. The first-order valence-electron chi connectivity index (χ1n) is 12.7. The molecule has 0 aromatic heterocycles. The number of hydrogen-bond acceptors (Lipinski definition) is 8. The Morgan fingerprint density at radius 2 is 0.595 bits per heavy atom. The molecule has 0 unspecified atom stereocenters. The molecule has 208 valence electrons. The Bertz CT molecular complexity index is 1390. The van der Waals surface area contributed by atoms with E-state index in [1.807, 2.05) is 0 Å². The summed E-state index contributed by atoms with van der Waals surface area (Å²) in [5.74, 6) is -2.58. The van der Waals surface area contributed by atoms with Crippen molar-refractivity contribution in [3.05, 3.63) is 119 Å². The van der Waals surface area contributed by atoms with Gasteiger partial charge in [0, 0.05) is 22.3 Å². The Balaban J connectivity index is 0.00000484. The van der Waals surface area contributed by atoms with Gasteiger partial charge in [0.1, 0.15) is 6.15 Å². The second-order valence-electron chi connectivity index (χ2n) is 9.18. The summed E-state index contributed by atoms with van der Waals surface area (Å²) >= 11 is 0. The Morgan fingerprint density at radius 3 is 0.786 bits per heavy atom. The third-order valence-electron chi connectivity index (χ3n) is 7.33. The second kappa shape index (κ2) is 14.1. The first-order chi connectivity index (χ1) is 19.9. The summed E-state index contributed by atoms with van der Waals surface area (Å²) in [6.45, 7) is 0. The first-order valence-corrected chi connectivity index (χ1v) is 12.7. The van der Waals surface area contributed by atoms with E-state index in [2.05, 4.69) is 0 Å². The predicted octanol–water partition coefficient (Wildman–Crippen LogP) is -0.786. The molecule has 0 aliphatic rings. The molecule has 0 fully saturated rings. The van der Waals surface area contributed by atoms with Crippen molar-refractivity contribution >= 4 is 51.9 Å². The molecule has 0 aliphatic carbocycles. The fraction of sp³-hybridized carbons (Fsp3) is 0.125. The van der Waals surface area contributed by atoms with E-state index < -0.39 is 30.0 Å². The van der Waals surface area contributed by atoms with Gasteiger partial charge >= 0.3 is 53.4 Å². The Hall–Kier alpha value is -4.18. The number of hydrogen-bond donors (Lipinski definition) is 0. The maximum absolute atomic E-state index is 13.3. The van der Waals surface area contributed by atoms with Gasteiger partial charge in [-0.05, 0) is 0 Å². The molecule has 0 amide bonds. The zero-order chi connectivity index (χ0) is 29.6. The molecule has 0 bridgehead atoms. The summed E-state index contributed by atoms with van der Waals surface area (Å²) in [4.78, 5) is 53.3. The number of methoxy groups -OCH3 is 4. The van der Waals surface area contributed by atoms with E-state index in [1.165, 1.54) is 28.4 Å². The molecule has 0 atom stereocenters. The molecule has 0 aliphatic heterocycles. The van der Waals surface area contributed by atoms with Crippen LogP contribution in [0.3, 0.4) is 0 Å². The molecule has 42 heavy (non-hydrogen) atoms. The summed E-state index contributed by atoms with van der Waals surface area (Å²) in [6.07, 6.45) is -2.71. The molecule has 0 radical (unpaired) electrons. The third-order valence-corrected chi connectivity index (χ3v) is 7.33. The maximum atomic E-state index is 13.3. The van der Waals surface area contributed by atoms with Crippen molar-refractivity contribution in [3.63, 3.8) is 0 Å². The summed E-state index contributed by atoms with van der Waals surface area (Å²) in [5.41, 5.74) is 2.32. The Labute approximate surface area is 266 Å². The molecule has 0 heterocycles. The Morgan fingerprint density at radius 1 is 0.405 bits per heavy atom. The topological polar surface area (TPSA) is 105 Å². The Kier molecular flexibility index (Phi) is 10.9. The van der Waals surface area contributed by atoms with Gasteiger partial charge in [-0.1, -0.05) is 97.1 Å². The fourth-order valence-electron chi connectivity index (χ4n) is 5.69. The summed E-state index contributed by atoms with van der Waals surface area (Å²) in [6, 6.07) is 27.0. The van der Waals surface area contributed by atoms with Crippen molar-refractivity contribution in [2.24, 2.45) is 0 Å². The van der Waals surface area contributed by atoms with Crippen LogP contribution in [0.5, 0.6) is 0 Å². The van der Waals surface area contributed by atoms with Gasteiger partial charge in [0.05, 0.1) is 28.4 Å². The van der Waals surface area contributed by atoms with E-state index >= 15 is 0 Å². The molecule has 4 rings (SSSR count). The van der Waals surface area contributed by atoms with Crippen LogP contribution in [-0.4, -0.2) is 58.5 Å². The molecular weight excluding hydrogens is 546 g/mol. The second-order valence-corrected chi connectivity index (χ2v) is 9.18. The first kappa shape index (κ1) is 32.3. The molecule has 8 nitrogen and oxygen atoms in total. The van der Waals surface area contributed by atoms with E-state index in [4.69, 9.17) is 18.9 Å². The molecule has 0 saturated heterocycles. The summed E-state index contributed by atoms with van der Waals surface area (Å²) < 4.78 is 20.7. The standard InChI is InChI=1S/C32H28BO8.Na/c1-38-29(34)21-13-5-9-17-25(21)33(26-18-10-6-14-22(26)30(35)39-2,27-19-11-7-15-23(27)31(36)40-3)28-20-12-8-16-24(28)32(37)41-4;/h5-20H,1-4H3;/q-1;+1. The molecule has 4 aromatic rings. The van der Waals surface area contributed by atoms with Gasteiger partial charge < -0.3 is 18.9 Å². The van der Waals surface area contributed by atoms with Gasteiger partial charge in [-0.2, -0.15) is 21.9 Å². The zero-order valence-electron chi connectivity index (χ0n) is 24.1. The van der Waals surface area contributed by atoms with Crippen molar-refractivity contribution < 1.29 is 67.7 Å². The average Bonchev–Trinajstić information content (AvgIpc) is 3.04. The monoisotopic (exact) mass is 574 g/mol. The van der Waals surface area contributed by atoms with E-state index in [0.29, 0.717) is 21.9 Å². The maximum Gasteiger partial charge on any atom is 1.00 e. The number of ether oxygens (including phenoxy) is 4. The smallest absolute Gasteiger partial charge is 0.466 e. The molecule has 10 heteroatoms. The van der Waals surface area contributed by atoms with Crippen LogP contribution in [0, 0.1) is 0 Å². The molecule has 0 spiro atoms. The van der Waals surface area contributed by atoms with Crippen LogP contribution in [0.25, 0.3) is 0 Å². The van der Waals surface area contributed by atoms with Gasteiger partial charge in [0.2, 0.25) is 0 Å². The minimum absolute atomic E-state index is 0. The van der Waals surface area contributed by atoms with Crippen LogP contribution in [0.4, 0.5) is 0 Å². The van der Waals surface area contributed by atoms with Crippen LogP contribution in [0.2, 0.25) is 0 Å². The van der Waals surface area contributed by atoms with Crippen molar-refractivity contribution in [1.82, 2.24) is 0 Å². The van der Waals surface area contributed by atoms with E-state index in [0.717, 1.165) is 0 Å². The number of carbonyl (C=O) groups is 4. The normalized spacial score (nSPS) is 10.6. The number of carbonyl (C=O) groups excluding carboxylic acids is 4. The van der Waals surface area contributed by atoms with Gasteiger partial charge in [0.15, 0.2) is 0 Å². The largest absolute Gasteiger partial charge is 1.00 e. The van der Waals surface area contributed by atoms with Crippen LogP contribution in [0.15, 0.2) is 97.1 Å². The molecule has 4 aromatic carbocycles. The molecule has 0 saturated carbocycles. The average molecular weight is 574 g/mol. The van der Waals surface area contributed by atoms with Crippen molar-refractivity contribution in [3.8, 4) is 0 Å². The molecule has 0 N–H and O–H groups in total. The quantitative estimate of drug-likeness (QED) is 0.153. The van der Waals surface area contributed by atoms with Crippen LogP contribution < -0.4 is 51.4 Å². The summed E-state index contributed by atoms with van der Waals surface area (Å²) in [7, 11) is 5.06. The summed E-state index contributed by atoms with van der Waals surface area (Å²) in [5, 5.41) is 0. The van der Waals surface area contributed by atoms with E-state index in [1.54, 1.807) is 97.1 Å². The van der Waals surface area contributed by atoms with Gasteiger partial charge in [-0.15, -0.1) is 0 Å².